The first-order valence-electron chi connectivity index (χ1n) is 9.53. The lowest BCUT2D eigenvalue weighted by Gasteiger charge is -2.24. The van der Waals surface area contributed by atoms with E-state index in [1.165, 1.54) is 7.11 Å². The molecule has 0 aliphatic carbocycles. The highest BCUT2D eigenvalue weighted by Crippen LogP contribution is 2.59. The third kappa shape index (κ3) is 3.28. The van der Waals surface area contributed by atoms with Crippen LogP contribution in [0, 0.1) is 0 Å². The minimum Gasteiger partial charge on any atom is -0.467 e. The van der Waals surface area contributed by atoms with E-state index >= 15 is 0 Å². The molecule has 2 aliphatic heterocycles. The fourth-order valence-corrected chi connectivity index (χ4v) is 3.61. The van der Waals surface area contributed by atoms with Crippen LogP contribution in [0.3, 0.4) is 0 Å². The molecular formula is C21H26N2O7. The van der Waals surface area contributed by atoms with Crippen molar-refractivity contribution in [3.05, 3.63) is 29.8 Å². The van der Waals surface area contributed by atoms with Crippen LogP contribution in [-0.4, -0.2) is 53.3 Å². The predicted octanol–water partition coefficient (Wildman–Crippen LogP) is 2.96. The first-order valence-corrected chi connectivity index (χ1v) is 9.53. The molecule has 3 amide bonds. The van der Waals surface area contributed by atoms with Crippen LogP contribution in [0.5, 0.6) is 0 Å². The summed E-state index contributed by atoms with van der Waals surface area (Å²) in [7, 11) is 1.17. The number of para-hydroxylation sites is 1. The number of hydrogen-bond donors (Lipinski definition) is 0. The molecule has 0 radical (unpaired) electrons. The number of rotatable bonds is 1. The van der Waals surface area contributed by atoms with Gasteiger partial charge in [-0.25, -0.2) is 19.3 Å². The molecule has 0 bridgehead atoms. The predicted molar refractivity (Wildman–Crippen MR) is 106 cm³/mol. The summed E-state index contributed by atoms with van der Waals surface area (Å²) in [6.07, 6.45) is -1.75. The summed E-state index contributed by atoms with van der Waals surface area (Å²) in [5.74, 6) is -1.55. The zero-order valence-electron chi connectivity index (χ0n) is 18.1. The summed E-state index contributed by atoms with van der Waals surface area (Å²) in [6.45, 7) is 10.0. The van der Waals surface area contributed by atoms with Gasteiger partial charge < -0.3 is 14.2 Å². The largest absolute Gasteiger partial charge is 0.467 e. The molecule has 30 heavy (non-hydrogen) atoms. The van der Waals surface area contributed by atoms with Crippen molar-refractivity contribution >= 4 is 29.8 Å². The molecule has 0 N–H and O–H groups in total. The lowest BCUT2D eigenvalue weighted by atomic mass is 9.96. The van der Waals surface area contributed by atoms with E-state index in [9.17, 15) is 19.2 Å². The molecule has 9 heteroatoms. The second kappa shape index (κ2) is 6.72. The van der Waals surface area contributed by atoms with Crippen LogP contribution in [0.1, 0.15) is 47.1 Å². The number of benzene rings is 1. The van der Waals surface area contributed by atoms with E-state index < -0.39 is 46.8 Å². The third-order valence-corrected chi connectivity index (χ3v) is 4.64. The SMILES string of the molecule is COC(=O)C1N(C(=O)OC(C)(C)C)[C@]12C(=O)N(C(=O)OC(C)(C)C)c1ccccc12. The minimum absolute atomic E-state index is 0.247. The van der Waals surface area contributed by atoms with Crippen molar-refractivity contribution in [3.8, 4) is 0 Å². The third-order valence-electron chi connectivity index (χ3n) is 4.64. The van der Waals surface area contributed by atoms with Crippen LogP contribution in [0.25, 0.3) is 0 Å². The first kappa shape index (κ1) is 21.6. The van der Waals surface area contributed by atoms with Gasteiger partial charge in [-0.1, -0.05) is 18.2 Å². The lowest BCUT2D eigenvalue weighted by Crippen LogP contribution is -2.43. The summed E-state index contributed by atoms with van der Waals surface area (Å²) < 4.78 is 15.6. The Hall–Kier alpha value is -3.10. The number of anilines is 1. The molecule has 3 rings (SSSR count). The molecule has 2 heterocycles. The van der Waals surface area contributed by atoms with Gasteiger partial charge in [0.25, 0.3) is 5.91 Å². The second-order valence-electron chi connectivity index (χ2n) is 9.18. The van der Waals surface area contributed by atoms with E-state index in [0.29, 0.717) is 5.56 Å². The highest BCUT2D eigenvalue weighted by Gasteiger charge is 2.80. The molecule has 0 aromatic heterocycles. The average Bonchev–Trinajstić information content (AvgIpc) is 3.23. The molecule has 1 aromatic carbocycles. The standard InChI is InChI=1S/C21H26N2O7/c1-19(2,3)29-17(26)22-13-11-9-8-10-12(13)21(16(22)25)14(15(24)28-7)23(21)18(27)30-20(4,5)6/h8-11,14H,1-7H3/t14?,21-,23?/m0/s1. The van der Waals surface area contributed by atoms with Gasteiger partial charge in [-0.3, -0.25) is 9.69 Å². The Bertz CT molecular complexity index is 928. The molecule has 2 aliphatic rings. The molecule has 1 spiro atoms. The molecule has 0 saturated carbocycles. The van der Waals surface area contributed by atoms with Crippen LogP contribution in [0.4, 0.5) is 15.3 Å². The minimum atomic E-state index is -1.72. The Morgan fingerprint density at radius 2 is 1.47 bits per heavy atom. The number of carbonyl (C=O) groups is 4. The molecule has 1 aromatic rings. The van der Waals surface area contributed by atoms with Gasteiger partial charge in [-0.05, 0) is 47.6 Å². The average molecular weight is 418 g/mol. The van der Waals surface area contributed by atoms with Gasteiger partial charge in [-0.2, -0.15) is 0 Å². The van der Waals surface area contributed by atoms with Gasteiger partial charge in [0.2, 0.25) is 0 Å². The normalized spacial score (nSPS) is 22.6. The van der Waals surface area contributed by atoms with E-state index in [-0.39, 0.29) is 5.69 Å². The van der Waals surface area contributed by atoms with Crippen molar-refractivity contribution in [1.82, 2.24) is 4.90 Å². The quantitative estimate of drug-likeness (QED) is 0.392. The monoisotopic (exact) mass is 418 g/mol. The maximum atomic E-state index is 13.6. The fourth-order valence-electron chi connectivity index (χ4n) is 3.61. The topological polar surface area (TPSA) is 102 Å². The van der Waals surface area contributed by atoms with E-state index in [1.807, 2.05) is 0 Å². The van der Waals surface area contributed by atoms with E-state index in [0.717, 1.165) is 9.80 Å². The fraction of sp³-hybridized carbons (Fsp3) is 0.524. The van der Waals surface area contributed by atoms with Crippen LogP contribution in [0.15, 0.2) is 24.3 Å². The number of imide groups is 1. The Morgan fingerprint density at radius 3 is 2.00 bits per heavy atom. The van der Waals surface area contributed by atoms with Crippen LogP contribution < -0.4 is 4.90 Å². The summed E-state index contributed by atoms with van der Waals surface area (Å²) in [4.78, 5) is 53.7. The number of hydrogen-bond acceptors (Lipinski definition) is 7. The van der Waals surface area contributed by atoms with E-state index in [4.69, 9.17) is 14.2 Å². The van der Waals surface area contributed by atoms with Crippen LogP contribution >= 0.6 is 0 Å². The summed E-state index contributed by atoms with van der Waals surface area (Å²) in [6, 6.07) is 5.21. The van der Waals surface area contributed by atoms with Gasteiger partial charge in [0, 0.05) is 5.56 Å². The van der Waals surface area contributed by atoms with Crippen LogP contribution in [-0.2, 0) is 29.3 Å². The molecule has 1 fully saturated rings. The summed E-state index contributed by atoms with van der Waals surface area (Å²) in [5.41, 5.74) is -2.84. The maximum Gasteiger partial charge on any atom is 0.421 e. The number of fused-ring (bicyclic) bond motifs is 2. The number of methoxy groups -OCH3 is 1. The summed E-state index contributed by atoms with van der Waals surface area (Å²) in [5, 5.41) is 0. The Morgan fingerprint density at radius 1 is 0.933 bits per heavy atom. The van der Waals surface area contributed by atoms with Crippen molar-refractivity contribution in [2.24, 2.45) is 0 Å². The number of esters is 1. The highest BCUT2D eigenvalue weighted by molar-refractivity contribution is 6.25. The smallest absolute Gasteiger partial charge is 0.421 e. The van der Waals surface area contributed by atoms with Gasteiger partial charge in [-0.15, -0.1) is 0 Å². The number of nitrogens with zero attached hydrogens (tertiary/aromatic N) is 2. The van der Waals surface area contributed by atoms with Gasteiger partial charge in [0.05, 0.1) is 12.8 Å². The molecule has 162 valence electrons. The Balaban J connectivity index is 2.11. The van der Waals surface area contributed by atoms with E-state index in [2.05, 4.69) is 0 Å². The Kier molecular flexibility index (Phi) is 4.84. The van der Waals surface area contributed by atoms with Crippen molar-refractivity contribution in [2.75, 3.05) is 12.0 Å². The maximum absolute atomic E-state index is 13.6. The zero-order chi connectivity index (χ0) is 22.6. The van der Waals surface area contributed by atoms with Crippen molar-refractivity contribution < 1.29 is 33.4 Å². The molecule has 1 unspecified atom stereocenters. The van der Waals surface area contributed by atoms with Gasteiger partial charge in [0.15, 0.2) is 11.6 Å². The molecule has 1 saturated heterocycles. The van der Waals surface area contributed by atoms with Crippen LogP contribution in [0.2, 0.25) is 0 Å². The van der Waals surface area contributed by atoms with Gasteiger partial charge >= 0.3 is 18.2 Å². The molecule has 9 nitrogen and oxygen atoms in total. The summed E-state index contributed by atoms with van der Waals surface area (Å²) >= 11 is 0. The lowest BCUT2D eigenvalue weighted by molar-refractivity contribution is -0.141. The first-order chi connectivity index (χ1) is 13.8. The van der Waals surface area contributed by atoms with Gasteiger partial charge in [0.1, 0.15) is 11.2 Å². The van der Waals surface area contributed by atoms with Crippen molar-refractivity contribution in [1.29, 1.82) is 0 Å². The number of ether oxygens (including phenoxy) is 3. The second-order valence-corrected chi connectivity index (χ2v) is 9.18. The van der Waals surface area contributed by atoms with Crippen molar-refractivity contribution in [3.63, 3.8) is 0 Å². The molecule has 2 atom stereocenters. The highest BCUT2D eigenvalue weighted by atomic mass is 16.6. The molecular weight excluding hydrogens is 392 g/mol. The van der Waals surface area contributed by atoms with E-state index in [1.54, 1.807) is 65.8 Å². The zero-order valence-corrected chi connectivity index (χ0v) is 18.1. The number of carbonyl (C=O) groups excluding carboxylic acids is 4. The number of amides is 3. The Labute approximate surface area is 174 Å². The van der Waals surface area contributed by atoms with Crippen molar-refractivity contribution in [2.45, 2.75) is 64.3 Å².